The number of imidazole rings is 1. The highest BCUT2D eigenvalue weighted by Crippen LogP contribution is 2.40. The Labute approximate surface area is 193 Å². The summed E-state index contributed by atoms with van der Waals surface area (Å²) < 4.78 is 9.90. The number of nitrogens with zero attached hydrogens (tertiary/aromatic N) is 2. The third kappa shape index (κ3) is 3.43. The van der Waals surface area contributed by atoms with Crippen LogP contribution in [0.2, 0.25) is 5.02 Å². The number of ketones is 1. The predicted octanol–water partition coefficient (Wildman–Crippen LogP) is 7.06. The molecule has 5 heteroatoms. The zero-order valence-electron chi connectivity index (χ0n) is 18.5. The number of aryl methyl sites for hydroxylation is 2. The van der Waals surface area contributed by atoms with Crippen molar-refractivity contribution in [1.82, 2.24) is 8.97 Å². The zero-order chi connectivity index (χ0) is 22.2. The Balaban J connectivity index is 1.80. The van der Waals surface area contributed by atoms with Crippen molar-refractivity contribution >= 4 is 23.0 Å². The SMILES string of the molecule is CCCC(=O)c1c(-c2ccc(OC)cc2)c2c3n(c(-c4ccc(Cl)cc4)cn13)CCCC2. The number of ether oxygens (including phenoxy) is 1. The van der Waals surface area contributed by atoms with E-state index in [0.29, 0.717) is 6.42 Å². The van der Waals surface area contributed by atoms with Crippen LogP contribution in [0.3, 0.4) is 0 Å². The Morgan fingerprint density at radius 3 is 2.44 bits per heavy atom. The first-order valence-electron chi connectivity index (χ1n) is 11.3. The number of carbonyl (C=O) groups is 1. The van der Waals surface area contributed by atoms with E-state index in [1.165, 1.54) is 5.56 Å². The number of Topliss-reactive ketones (excluding diaryl/α,β-unsaturated/α-hetero) is 1. The van der Waals surface area contributed by atoms with E-state index < -0.39 is 0 Å². The minimum atomic E-state index is 0.194. The van der Waals surface area contributed by atoms with Crippen LogP contribution >= 0.6 is 11.6 Å². The molecule has 0 spiro atoms. The molecule has 4 aromatic rings. The molecule has 0 amide bonds. The Bertz CT molecular complexity index is 1280. The van der Waals surface area contributed by atoms with Gasteiger partial charge < -0.3 is 9.30 Å². The summed E-state index contributed by atoms with van der Waals surface area (Å²) in [5.41, 5.74) is 7.63. The van der Waals surface area contributed by atoms with Gasteiger partial charge >= 0.3 is 0 Å². The van der Waals surface area contributed by atoms with Gasteiger partial charge in [-0.15, -0.1) is 0 Å². The molecule has 164 valence electrons. The smallest absolute Gasteiger partial charge is 0.180 e. The maximum atomic E-state index is 13.4. The highest BCUT2D eigenvalue weighted by molar-refractivity contribution is 6.30. The first-order chi connectivity index (χ1) is 15.6. The summed E-state index contributed by atoms with van der Waals surface area (Å²) in [4.78, 5) is 13.4. The fourth-order valence-corrected chi connectivity index (χ4v) is 5.05. The van der Waals surface area contributed by atoms with Crippen LogP contribution in [0.15, 0.2) is 54.7 Å². The average Bonchev–Trinajstić information content (AvgIpc) is 3.22. The van der Waals surface area contributed by atoms with Gasteiger partial charge in [0.15, 0.2) is 5.78 Å². The predicted molar refractivity (Wildman–Crippen MR) is 130 cm³/mol. The van der Waals surface area contributed by atoms with Gasteiger partial charge in [-0.3, -0.25) is 9.20 Å². The minimum absolute atomic E-state index is 0.194. The van der Waals surface area contributed by atoms with Crippen molar-refractivity contribution in [2.75, 3.05) is 7.11 Å². The van der Waals surface area contributed by atoms with Gasteiger partial charge in [0.1, 0.15) is 11.4 Å². The first-order valence-corrected chi connectivity index (χ1v) is 11.7. The van der Waals surface area contributed by atoms with E-state index in [1.54, 1.807) is 7.11 Å². The van der Waals surface area contributed by atoms with E-state index in [-0.39, 0.29) is 5.78 Å². The van der Waals surface area contributed by atoms with Gasteiger partial charge in [-0.2, -0.15) is 0 Å². The van der Waals surface area contributed by atoms with Crippen LogP contribution in [0, 0.1) is 0 Å². The molecule has 2 aromatic carbocycles. The van der Waals surface area contributed by atoms with E-state index in [0.717, 1.165) is 76.7 Å². The molecule has 2 aromatic heterocycles. The van der Waals surface area contributed by atoms with Crippen LogP contribution in [-0.2, 0) is 13.0 Å². The average molecular weight is 447 g/mol. The molecule has 4 nitrogen and oxygen atoms in total. The fourth-order valence-electron chi connectivity index (χ4n) is 4.92. The second-order valence-electron chi connectivity index (χ2n) is 8.43. The van der Waals surface area contributed by atoms with Crippen LogP contribution in [-0.4, -0.2) is 21.9 Å². The topological polar surface area (TPSA) is 35.6 Å². The van der Waals surface area contributed by atoms with Crippen LogP contribution in [0.5, 0.6) is 5.75 Å². The molecular weight excluding hydrogens is 420 g/mol. The van der Waals surface area contributed by atoms with Crippen molar-refractivity contribution in [3.8, 4) is 28.1 Å². The van der Waals surface area contributed by atoms with Gasteiger partial charge in [0.05, 0.1) is 18.5 Å². The second kappa shape index (κ2) is 8.51. The first kappa shape index (κ1) is 20.9. The summed E-state index contributed by atoms with van der Waals surface area (Å²) in [7, 11) is 1.67. The maximum Gasteiger partial charge on any atom is 0.180 e. The van der Waals surface area contributed by atoms with E-state index >= 15 is 0 Å². The molecule has 0 N–H and O–H groups in total. The monoisotopic (exact) mass is 446 g/mol. The van der Waals surface area contributed by atoms with Gasteiger partial charge in [0, 0.05) is 35.3 Å². The fraction of sp³-hybridized carbons (Fsp3) is 0.296. The quantitative estimate of drug-likeness (QED) is 0.297. The normalized spacial score (nSPS) is 13.3. The lowest BCUT2D eigenvalue weighted by molar-refractivity contribution is 0.0977. The highest BCUT2D eigenvalue weighted by atomic mass is 35.5. The summed E-state index contributed by atoms with van der Waals surface area (Å²) in [6, 6.07) is 16.1. The number of hydrogen-bond acceptors (Lipinski definition) is 2. The Morgan fingerprint density at radius 2 is 1.75 bits per heavy atom. The molecule has 1 aliphatic rings. The molecular formula is C27H27ClN2O2. The number of benzene rings is 2. The van der Waals surface area contributed by atoms with E-state index in [2.05, 4.69) is 46.4 Å². The summed E-state index contributed by atoms with van der Waals surface area (Å²) in [6.07, 6.45) is 6.69. The lowest BCUT2D eigenvalue weighted by Gasteiger charge is -2.10. The van der Waals surface area contributed by atoms with Gasteiger partial charge in [-0.1, -0.05) is 42.8 Å². The van der Waals surface area contributed by atoms with E-state index in [4.69, 9.17) is 16.3 Å². The lowest BCUT2D eigenvalue weighted by atomic mass is 9.95. The molecule has 0 bridgehead atoms. The van der Waals surface area contributed by atoms with E-state index in [9.17, 15) is 4.79 Å². The minimum Gasteiger partial charge on any atom is -0.497 e. The number of halogens is 1. The van der Waals surface area contributed by atoms with Gasteiger partial charge in [0.2, 0.25) is 0 Å². The van der Waals surface area contributed by atoms with Crippen LogP contribution < -0.4 is 4.74 Å². The highest BCUT2D eigenvalue weighted by Gasteiger charge is 2.29. The number of hydrogen-bond donors (Lipinski definition) is 0. The van der Waals surface area contributed by atoms with E-state index in [1.807, 2.05) is 24.3 Å². The molecule has 0 saturated carbocycles. The molecule has 3 heterocycles. The third-order valence-corrected chi connectivity index (χ3v) is 6.65. The number of methoxy groups -OCH3 is 1. The van der Waals surface area contributed by atoms with Crippen molar-refractivity contribution in [3.05, 3.63) is 71.0 Å². The summed E-state index contributed by atoms with van der Waals surface area (Å²) in [5, 5.41) is 0.726. The van der Waals surface area contributed by atoms with Crippen LogP contribution in [0.25, 0.3) is 28.0 Å². The Hall–Kier alpha value is -2.98. The summed E-state index contributed by atoms with van der Waals surface area (Å²) in [5.74, 6) is 1.01. The molecule has 32 heavy (non-hydrogen) atoms. The summed E-state index contributed by atoms with van der Waals surface area (Å²) in [6.45, 7) is 3.00. The van der Waals surface area contributed by atoms with Crippen LogP contribution in [0.4, 0.5) is 0 Å². The Morgan fingerprint density at radius 1 is 1.03 bits per heavy atom. The van der Waals surface area contributed by atoms with Crippen molar-refractivity contribution < 1.29 is 9.53 Å². The molecule has 0 unspecified atom stereocenters. The second-order valence-corrected chi connectivity index (χ2v) is 8.86. The molecule has 0 fully saturated rings. The number of carbonyl (C=O) groups excluding carboxylic acids is 1. The number of rotatable bonds is 6. The molecule has 0 saturated heterocycles. The molecule has 0 radical (unpaired) electrons. The molecule has 1 aliphatic heterocycles. The standard InChI is InChI=1S/C27H27ClN2O2/c1-3-6-24(31)26-25(19-10-14-21(32-2)15-11-19)22-7-4-5-16-29-23(17-30(26)27(22)29)18-8-12-20(28)13-9-18/h8-15,17H,3-7,16H2,1-2H3. The van der Waals surface area contributed by atoms with Gasteiger partial charge in [-0.05, 0) is 61.1 Å². The molecule has 0 aliphatic carbocycles. The number of aromatic nitrogens is 2. The lowest BCUT2D eigenvalue weighted by Crippen LogP contribution is -2.04. The van der Waals surface area contributed by atoms with Crippen LogP contribution in [0.1, 0.15) is 48.7 Å². The largest absolute Gasteiger partial charge is 0.497 e. The van der Waals surface area contributed by atoms with Crippen molar-refractivity contribution in [2.45, 2.75) is 45.6 Å². The zero-order valence-corrected chi connectivity index (χ0v) is 19.3. The van der Waals surface area contributed by atoms with Gasteiger partial charge in [0.25, 0.3) is 0 Å². The third-order valence-electron chi connectivity index (χ3n) is 6.39. The maximum absolute atomic E-state index is 13.4. The van der Waals surface area contributed by atoms with Crippen molar-refractivity contribution in [1.29, 1.82) is 0 Å². The van der Waals surface area contributed by atoms with Crippen molar-refractivity contribution in [3.63, 3.8) is 0 Å². The van der Waals surface area contributed by atoms with Gasteiger partial charge in [-0.25, -0.2) is 0 Å². The molecule has 5 rings (SSSR count). The van der Waals surface area contributed by atoms with Crippen molar-refractivity contribution in [2.24, 2.45) is 0 Å². The molecule has 0 atom stereocenters. The summed E-state index contributed by atoms with van der Waals surface area (Å²) >= 11 is 6.14. The Kier molecular flexibility index (Phi) is 5.56.